The first-order valence-corrected chi connectivity index (χ1v) is 10.9. The summed E-state index contributed by atoms with van der Waals surface area (Å²) in [6, 6.07) is 3.60. The molecule has 1 atom stereocenters. The number of anilines is 1. The molecule has 0 aromatic carbocycles. The van der Waals surface area contributed by atoms with Gasteiger partial charge in [0.2, 0.25) is 5.91 Å². The minimum absolute atomic E-state index is 0.110. The second-order valence-corrected chi connectivity index (χ2v) is 9.02. The van der Waals surface area contributed by atoms with E-state index < -0.39 is 0 Å². The number of thioether (sulfide) groups is 1. The van der Waals surface area contributed by atoms with Gasteiger partial charge in [-0.05, 0) is 31.0 Å². The van der Waals surface area contributed by atoms with Crippen LogP contribution in [0.5, 0.6) is 0 Å². The van der Waals surface area contributed by atoms with Gasteiger partial charge in [-0.2, -0.15) is 0 Å². The number of furan rings is 1. The van der Waals surface area contributed by atoms with E-state index >= 15 is 0 Å². The summed E-state index contributed by atoms with van der Waals surface area (Å²) >= 11 is 2.88. The predicted octanol–water partition coefficient (Wildman–Crippen LogP) is 3.52. The highest BCUT2D eigenvalue weighted by atomic mass is 32.2. The van der Waals surface area contributed by atoms with Gasteiger partial charge in [-0.25, -0.2) is 9.97 Å². The van der Waals surface area contributed by atoms with Crippen LogP contribution < -0.4 is 11.1 Å². The van der Waals surface area contributed by atoms with Crippen LogP contribution in [-0.4, -0.2) is 27.2 Å². The van der Waals surface area contributed by atoms with Gasteiger partial charge in [-0.15, -0.1) is 11.3 Å². The third kappa shape index (κ3) is 3.87. The molecule has 148 valence electrons. The first-order chi connectivity index (χ1) is 13.5. The van der Waals surface area contributed by atoms with Crippen LogP contribution in [0, 0.1) is 0 Å². The quantitative estimate of drug-likeness (QED) is 0.466. The van der Waals surface area contributed by atoms with E-state index in [2.05, 4.69) is 29.1 Å². The van der Waals surface area contributed by atoms with Crippen molar-refractivity contribution in [2.45, 2.75) is 50.6 Å². The van der Waals surface area contributed by atoms with E-state index in [4.69, 9.17) is 14.9 Å². The zero-order chi connectivity index (χ0) is 19.7. The van der Waals surface area contributed by atoms with Crippen LogP contribution in [0.1, 0.15) is 36.5 Å². The van der Waals surface area contributed by atoms with Crippen LogP contribution >= 0.6 is 23.1 Å². The Bertz CT molecular complexity index is 1000. The van der Waals surface area contributed by atoms with E-state index in [1.54, 1.807) is 23.7 Å². The molecule has 0 aliphatic carbocycles. The lowest BCUT2D eigenvalue weighted by Crippen LogP contribution is -2.33. The number of nitrogens with two attached hydrogens (primary N) is 1. The Balaban J connectivity index is 1.47. The number of nitrogen functional groups attached to an aromatic ring is 1. The third-order valence-electron chi connectivity index (χ3n) is 4.96. The Morgan fingerprint density at radius 1 is 1.46 bits per heavy atom. The molecule has 0 saturated heterocycles. The molecule has 3 aromatic rings. The van der Waals surface area contributed by atoms with Crippen molar-refractivity contribution >= 4 is 45.0 Å². The number of aromatic nitrogens is 2. The fourth-order valence-electron chi connectivity index (χ4n) is 3.15. The molecule has 0 radical (unpaired) electrons. The molecule has 4 heterocycles. The lowest BCUT2D eigenvalue weighted by Gasteiger charge is -2.33. The SMILES string of the molecule is CC[C@]1(C)Cc2c(sc3nc(SCC(=O)NCc4ccco4)nc(N)c23)CO1. The van der Waals surface area contributed by atoms with Crippen LogP contribution in [0.15, 0.2) is 28.0 Å². The maximum Gasteiger partial charge on any atom is 0.230 e. The third-order valence-corrected chi connectivity index (χ3v) is 6.91. The predicted molar refractivity (Wildman–Crippen MR) is 110 cm³/mol. The van der Waals surface area contributed by atoms with E-state index in [-0.39, 0.29) is 17.3 Å². The van der Waals surface area contributed by atoms with Crippen molar-refractivity contribution in [3.8, 4) is 0 Å². The topological polar surface area (TPSA) is 103 Å². The molecular formula is C19H22N4O3S2. The van der Waals surface area contributed by atoms with E-state index in [0.717, 1.165) is 23.1 Å². The Morgan fingerprint density at radius 3 is 3.07 bits per heavy atom. The van der Waals surface area contributed by atoms with Gasteiger partial charge in [-0.3, -0.25) is 4.79 Å². The number of hydrogen-bond donors (Lipinski definition) is 2. The summed E-state index contributed by atoms with van der Waals surface area (Å²) in [5.74, 6) is 1.29. The Labute approximate surface area is 171 Å². The fraction of sp³-hybridized carbons (Fsp3) is 0.421. The Kier molecular flexibility index (Phi) is 5.31. The van der Waals surface area contributed by atoms with E-state index in [1.807, 2.05) is 6.07 Å². The van der Waals surface area contributed by atoms with Crippen molar-refractivity contribution < 1.29 is 13.9 Å². The molecule has 4 rings (SSSR count). The molecule has 3 N–H and O–H groups in total. The molecule has 9 heteroatoms. The molecule has 7 nitrogen and oxygen atoms in total. The minimum atomic E-state index is -0.174. The van der Waals surface area contributed by atoms with Gasteiger partial charge in [0.1, 0.15) is 16.4 Å². The summed E-state index contributed by atoms with van der Waals surface area (Å²) < 4.78 is 11.2. The van der Waals surface area contributed by atoms with Crippen LogP contribution in [-0.2, 0) is 29.1 Å². The zero-order valence-electron chi connectivity index (χ0n) is 15.8. The smallest absolute Gasteiger partial charge is 0.230 e. The highest BCUT2D eigenvalue weighted by molar-refractivity contribution is 7.99. The number of nitrogens with one attached hydrogen (secondary N) is 1. The summed E-state index contributed by atoms with van der Waals surface area (Å²) in [5.41, 5.74) is 7.31. The molecule has 1 aliphatic heterocycles. The highest BCUT2D eigenvalue weighted by Crippen LogP contribution is 2.41. The van der Waals surface area contributed by atoms with E-state index in [1.165, 1.54) is 22.2 Å². The van der Waals surface area contributed by atoms with Gasteiger partial charge in [-0.1, -0.05) is 18.7 Å². The van der Waals surface area contributed by atoms with Crippen LogP contribution in [0.4, 0.5) is 5.82 Å². The average molecular weight is 419 g/mol. The number of carbonyl (C=O) groups is 1. The van der Waals surface area contributed by atoms with Gasteiger partial charge in [0.05, 0.1) is 36.2 Å². The maximum absolute atomic E-state index is 12.0. The van der Waals surface area contributed by atoms with Gasteiger partial charge in [0.25, 0.3) is 0 Å². The Hall–Kier alpha value is -2.10. The van der Waals surface area contributed by atoms with Crippen LogP contribution in [0.2, 0.25) is 0 Å². The van der Waals surface area contributed by atoms with E-state index in [9.17, 15) is 4.79 Å². The first kappa shape index (κ1) is 19.2. The lowest BCUT2D eigenvalue weighted by atomic mass is 9.90. The van der Waals surface area contributed by atoms with Crippen molar-refractivity contribution in [3.63, 3.8) is 0 Å². The summed E-state index contributed by atoms with van der Waals surface area (Å²) in [6.45, 7) is 5.20. The van der Waals surface area contributed by atoms with Crippen molar-refractivity contribution in [2.24, 2.45) is 0 Å². The largest absolute Gasteiger partial charge is 0.467 e. The molecule has 28 heavy (non-hydrogen) atoms. The summed E-state index contributed by atoms with van der Waals surface area (Å²) in [5, 5.41) is 4.26. The van der Waals surface area contributed by atoms with Gasteiger partial charge >= 0.3 is 0 Å². The molecule has 3 aromatic heterocycles. The van der Waals surface area contributed by atoms with Gasteiger partial charge < -0.3 is 20.2 Å². The average Bonchev–Trinajstić information content (AvgIpc) is 3.32. The van der Waals surface area contributed by atoms with Crippen molar-refractivity contribution in [3.05, 3.63) is 34.6 Å². The summed E-state index contributed by atoms with van der Waals surface area (Å²) in [7, 11) is 0. The van der Waals surface area contributed by atoms with Gasteiger partial charge in [0.15, 0.2) is 5.16 Å². The van der Waals surface area contributed by atoms with Crippen LogP contribution in [0.25, 0.3) is 10.2 Å². The number of fused-ring (bicyclic) bond motifs is 3. The second-order valence-electron chi connectivity index (χ2n) is 6.99. The molecule has 1 aliphatic rings. The fourth-order valence-corrected chi connectivity index (χ4v) is 5.00. The molecule has 0 unspecified atom stereocenters. The number of thiophene rings is 1. The van der Waals surface area contributed by atoms with Crippen molar-refractivity contribution in [2.75, 3.05) is 11.5 Å². The maximum atomic E-state index is 12.0. The zero-order valence-corrected chi connectivity index (χ0v) is 17.4. The van der Waals surface area contributed by atoms with E-state index in [0.29, 0.717) is 29.9 Å². The van der Waals surface area contributed by atoms with Crippen molar-refractivity contribution in [1.82, 2.24) is 15.3 Å². The Morgan fingerprint density at radius 2 is 2.32 bits per heavy atom. The lowest BCUT2D eigenvalue weighted by molar-refractivity contribution is -0.118. The molecule has 1 amide bonds. The molecule has 0 spiro atoms. The second kappa shape index (κ2) is 7.73. The summed E-state index contributed by atoms with van der Waals surface area (Å²) in [6.07, 6.45) is 3.33. The molecule has 0 saturated carbocycles. The molecular weight excluding hydrogens is 396 g/mol. The number of nitrogens with zero attached hydrogens (tertiary/aromatic N) is 2. The first-order valence-electron chi connectivity index (χ1n) is 9.11. The van der Waals surface area contributed by atoms with Gasteiger partial charge in [0, 0.05) is 11.3 Å². The number of amides is 1. The normalized spacial score (nSPS) is 18.9. The van der Waals surface area contributed by atoms with Crippen molar-refractivity contribution in [1.29, 1.82) is 0 Å². The number of carbonyl (C=O) groups excluding carboxylic acids is 1. The summed E-state index contributed by atoms with van der Waals surface area (Å²) in [4.78, 5) is 23.1. The minimum Gasteiger partial charge on any atom is -0.467 e. The molecule has 0 fully saturated rings. The highest BCUT2D eigenvalue weighted by Gasteiger charge is 2.33. The monoisotopic (exact) mass is 418 g/mol. The molecule has 0 bridgehead atoms. The number of ether oxygens (including phenoxy) is 1. The standard InChI is InChI=1S/C19H22N4O3S2/c1-3-19(2)7-12-13(9-26-19)28-17-15(12)16(20)22-18(23-17)27-10-14(24)21-8-11-5-4-6-25-11/h4-6H,3,7-10H2,1-2H3,(H,21,24)(H2,20,22,23)/t19-/m1/s1. The number of hydrogen-bond acceptors (Lipinski definition) is 8. The number of rotatable bonds is 6. The van der Waals surface area contributed by atoms with Crippen LogP contribution in [0.3, 0.4) is 0 Å².